The molecule has 1 amide bonds. The summed E-state index contributed by atoms with van der Waals surface area (Å²) in [5.41, 5.74) is 11.5. The van der Waals surface area contributed by atoms with E-state index in [0.29, 0.717) is 5.69 Å². The lowest BCUT2D eigenvalue weighted by molar-refractivity contribution is -0.117. The summed E-state index contributed by atoms with van der Waals surface area (Å²) in [6.07, 6.45) is 9.21. The van der Waals surface area contributed by atoms with Crippen LogP contribution in [0.15, 0.2) is 73.6 Å². The average Bonchev–Trinajstić information content (AvgIpc) is 3.45. The second-order valence-electron chi connectivity index (χ2n) is 8.18. The monoisotopic (exact) mass is 437 g/mol. The Kier molecular flexibility index (Phi) is 5.18. The number of rotatable bonds is 6. The molecule has 0 aliphatic rings. The van der Waals surface area contributed by atoms with Crippen LogP contribution in [0.1, 0.15) is 31.2 Å². The summed E-state index contributed by atoms with van der Waals surface area (Å²) in [4.78, 5) is 24.4. The zero-order chi connectivity index (χ0) is 22.9. The highest BCUT2D eigenvalue weighted by atomic mass is 16.1. The van der Waals surface area contributed by atoms with Gasteiger partial charge in [0, 0.05) is 35.2 Å². The van der Waals surface area contributed by atoms with Crippen molar-refractivity contribution < 1.29 is 4.79 Å². The summed E-state index contributed by atoms with van der Waals surface area (Å²) in [5.74, 6) is -0.198. The minimum atomic E-state index is -0.405. The van der Waals surface area contributed by atoms with Gasteiger partial charge in [0.15, 0.2) is 0 Å². The Balaban J connectivity index is 1.63. The maximum atomic E-state index is 11.2. The Morgan fingerprint density at radius 2 is 1.94 bits per heavy atom. The van der Waals surface area contributed by atoms with Crippen LogP contribution in [-0.2, 0) is 11.2 Å². The van der Waals surface area contributed by atoms with Crippen LogP contribution in [0.2, 0.25) is 0 Å². The topological polar surface area (TPSA) is 105 Å². The highest BCUT2D eigenvalue weighted by Gasteiger charge is 2.19. The van der Waals surface area contributed by atoms with E-state index in [1.54, 1.807) is 18.6 Å². The average molecular weight is 438 g/mol. The van der Waals surface area contributed by atoms with Crippen molar-refractivity contribution in [3.8, 4) is 22.6 Å². The molecular weight excluding hydrogens is 414 g/mol. The van der Waals surface area contributed by atoms with E-state index in [0.717, 1.165) is 39.2 Å². The van der Waals surface area contributed by atoms with Crippen molar-refractivity contribution in [2.24, 2.45) is 5.73 Å². The van der Waals surface area contributed by atoms with E-state index >= 15 is 0 Å². The summed E-state index contributed by atoms with van der Waals surface area (Å²) < 4.78 is 3.92. The van der Waals surface area contributed by atoms with Gasteiger partial charge in [0.25, 0.3) is 0 Å². The molecule has 33 heavy (non-hydrogen) atoms. The summed E-state index contributed by atoms with van der Waals surface area (Å²) in [5, 5.41) is 6.00. The normalized spacial score (nSPS) is 11.4. The summed E-state index contributed by atoms with van der Waals surface area (Å²) in [7, 11) is 0. The lowest BCUT2D eigenvalue weighted by Crippen LogP contribution is -2.14. The van der Waals surface area contributed by atoms with Gasteiger partial charge in [-0.1, -0.05) is 19.9 Å². The van der Waals surface area contributed by atoms with Crippen LogP contribution in [0, 0.1) is 0 Å². The first-order valence-corrected chi connectivity index (χ1v) is 10.7. The van der Waals surface area contributed by atoms with Crippen LogP contribution < -0.4 is 5.73 Å². The van der Waals surface area contributed by atoms with Crippen LogP contribution in [0.4, 0.5) is 0 Å². The number of pyridine rings is 2. The number of nitrogens with two attached hydrogens (primary N) is 1. The van der Waals surface area contributed by atoms with Gasteiger partial charge < -0.3 is 10.3 Å². The molecular formula is C25H23N7O. The molecule has 0 aliphatic heterocycles. The molecule has 1 aromatic carbocycles. The number of aromatic nitrogens is 6. The Morgan fingerprint density at radius 1 is 1.06 bits per heavy atom. The van der Waals surface area contributed by atoms with E-state index in [2.05, 4.69) is 34.9 Å². The minimum absolute atomic E-state index is 0.113. The van der Waals surface area contributed by atoms with Gasteiger partial charge in [0.2, 0.25) is 5.91 Å². The highest BCUT2D eigenvalue weighted by molar-refractivity contribution is 5.92. The SMILES string of the molecule is CC(C)c1nn(-c2ccc(CC(N)=O)nc2)c2cccc(-n3cnc(-c4cccnc4)c3)c12. The molecule has 0 aliphatic carbocycles. The molecule has 5 rings (SSSR count). The largest absolute Gasteiger partial charge is 0.369 e. The number of hydrogen-bond donors (Lipinski definition) is 1. The van der Waals surface area contributed by atoms with E-state index in [4.69, 9.17) is 10.8 Å². The molecule has 0 unspecified atom stereocenters. The van der Waals surface area contributed by atoms with Gasteiger partial charge >= 0.3 is 0 Å². The van der Waals surface area contributed by atoms with Gasteiger partial charge in [-0.2, -0.15) is 5.10 Å². The number of amides is 1. The molecule has 0 spiro atoms. The summed E-state index contributed by atoms with van der Waals surface area (Å²) in [6, 6.07) is 13.7. The molecule has 0 radical (unpaired) electrons. The Morgan fingerprint density at radius 3 is 2.64 bits per heavy atom. The van der Waals surface area contributed by atoms with Gasteiger partial charge in [-0.25, -0.2) is 9.67 Å². The van der Waals surface area contributed by atoms with E-state index in [-0.39, 0.29) is 12.3 Å². The Hall–Kier alpha value is -4.33. The number of nitrogens with zero attached hydrogens (tertiary/aromatic N) is 6. The smallest absolute Gasteiger partial charge is 0.223 e. The number of primary amides is 1. The molecule has 5 aromatic rings. The predicted molar refractivity (Wildman–Crippen MR) is 126 cm³/mol. The highest BCUT2D eigenvalue weighted by Crippen LogP contribution is 2.32. The molecule has 0 atom stereocenters. The number of fused-ring (bicyclic) bond motifs is 1. The molecule has 4 heterocycles. The second-order valence-corrected chi connectivity index (χ2v) is 8.18. The van der Waals surface area contributed by atoms with E-state index in [9.17, 15) is 4.79 Å². The van der Waals surface area contributed by atoms with Crippen molar-refractivity contribution >= 4 is 16.8 Å². The number of imidazole rings is 1. The molecule has 0 saturated heterocycles. The maximum Gasteiger partial charge on any atom is 0.223 e. The van der Waals surface area contributed by atoms with Crippen molar-refractivity contribution in [1.82, 2.24) is 29.3 Å². The van der Waals surface area contributed by atoms with Crippen molar-refractivity contribution in [2.75, 3.05) is 0 Å². The molecule has 4 aromatic heterocycles. The molecule has 164 valence electrons. The van der Waals surface area contributed by atoms with Gasteiger partial charge in [0.1, 0.15) is 0 Å². The van der Waals surface area contributed by atoms with E-state index in [1.807, 2.05) is 58.2 Å². The Labute approximate surface area is 190 Å². The zero-order valence-electron chi connectivity index (χ0n) is 18.4. The first kappa shape index (κ1) is 20.6. The molecule has 0 bridgehead atoms. The van der Waals surface area contributed by atoms with Gasteiger partial charge in [0.05, 0.1) is 47.2 Å². The van der Waals surface area contributed by atoms with Crippen LogP contribution in [0.25, 0.3) is 33.5 Å². The fraction of sp³-hybridized carbons (Fsp3) is 0.160. The lowest BCUT2D eigenvalue weighted by atomic mass is 10.0. The summed E-state index contributed by atoms with van der Waals surface area (Å²) >= 11 is 0. The maximum absolute atomic E-state index is 11.2. The molecule has 0 fully saturated rings. The first-order chi connectivity index (χ1) is 16.0. The van der Waals surface area contributed by atoms with Crippen molar-refractivity contribution in [2.45, 2.75) is 26.2 Å². The molecule has 8 heteroatoms. The summed E-state index contributed by atoms with van der Waals surface area (Å²) in [6.45, 7) is 4.26. The third kappa shape index (κ3) is 3.87. The van der Waals surface area contributed by atoms with Gasteiger partial charge in [-0.15, -0.1) is 0 Å². The van der Waals surface area contributed by atoms with Gasteiger partial charge in [-0.05, 0) is 42.3 Å². The third-order valence-electron chi connectivity index (χ3n) is 5.49. The van der Waals surface area contributed by atoms with E-state index in [1.165, 1.54) is 0 Å². The van der Waals surface area contributed by atoms with Crippen molar-refractivity contribution in [3.63, 3.8) is 0 Å². The number of benzene rings is 1. The van der Waals surface area contributed by atoms with Crippen LogP contribution in [-0.4, -0.2) is 35.2 Å². The minimum Gasteiger partial charge on any atom is -0.369 e. The van der Waals surface area contributed by atoms with Gasteiger partial charge in [-0.3, -0.25) is 14.8 Å². The van der Waals surface area contributed by atoms with E-state index < -0.39 is 5.91 Å². The Bertz CT molecular complexity index is 1430. The fourth-order valence-electron chi connectivity index (χ4n) is 3.94. The lowest BCUT2D eigenvalue weighted by Gasteiger charge is -2.08. The predicted octanol–water partition coefficient (Wildman–Crippen LogP) is 3.82. The standard InChI is InChI=1S/C25H23N7O/c1-16(2)25-24-21(31-14-20(29-15-31)17-5-4-10-27-12-17)6-3-7-22(24)32(30-25)19-9-8-18(28-13-19)11-23(26)33/h3-10,12-16H,11H2,1-2H3,(H2,26,33). The molecule has 2 N–H and O–H groups in total. The number of carbonyl (C=O) groups is 1. The number of carbonyl (C=O) groups excluding carboxylic acids is 1. The fourth-order valence-corrected chi connectivity index (χ4v) is 3.94. The zero-order valence-corrected chi connectivity index (χ0v) is 18.4. The van der Waals surface area contributed by atoms with Crippen molar-refractivity contribution in [1.29, 1.82) is 0 Å². The number of hydrogen-bond acceptors (Lipinski definition) is 5. The van der Waals surface area contributed by atoms with Crippen molar-refractivity contribution in [3.05, 3.63) is 85.0 Å². The quantitative estimate of drug-likeness (QED) is 0.435. The third-order valence-corrected chi connectivity index (χ3v) is 5.49. The van der Waals surface area contributed by atoms with Crippen LogP contribution in [0.5, 0.6) is 0 Å². The molecule has 0 saturated carbocycles. The van der Waals surface area contributed by atoms with Crippen LogP contribution >= 0.6 is 0 Å². The van der Waals surface area contributed by atoms with Crippen LogP contribution in [0.3, 0.4) is 0 Å². The first-order valence-electron chi connectivity index (χ1n) is 10.7. The second kappa shape index (κ2) is 8.31. The molecule has 8 nitrogen and oxygen atoms in total.